The van der Waals surface area contributed by atoms with Crippen LogP contribution in [0.15, 0.2) is 54.0 Å². The zero-order chi connectivity index (χ0) is 22.9. The molecule has 172 valence electrons. The van der Waals surface area contributed by atoms with Gasteiger partial charge < -0.3 is 26.2 Å². The molecule has 9 nitrogen and oxygen atoms in total. The summed E-state index contributed by atoms with van der Waals surface area (Å²) in [7, 11) is 0. The molecular weight excluding hydrogens is 438 g/mol. The van der Waals surface area contributed by atoms with Crippen molar-refractivity contribution in [3.05, 3.63) is 58.9 Å². The summed E-state index contributed by atoms with van der Waals surface area (Å²) in [5.41, 5.74) is 1.50. The molecule has 0 atom stereocenters. The first-order valence-electron chi connectivity index (χ1n) is 11.0. The van der Waals surface area contributed by atoms with Gasteiger partial charge in [-0.2, -0.15) is 4.98 Å². The fraction of sp³-hybridized carbons (Fsp3) is 0.304. The Kier molecular flexibility index (Phi) is 7.70. The summed E-state index contributed by atoms with van der Waals surface area (Å²) >= 11 is 1.43. The Morgan fingerprint density at radius 3 is 2.70 bits per heavy atom. The Balaban J connectivity index is 1.24. The van der Waals surface area contributed by atoms with Crippen molar-refractivity contribution in [2.75, 3.05) is 42.1 Å². The maximum atomic E-state index is 12.3. The van der Waals surface area contributed by atoms with E-state index in [2.05, 4.69) is 31.2 Å². The molecule has 0 bridgehead atoms. The number of hydrogen-bond acceptors (Lipinski definition) is 7. The molecule has 1 aliphatic heterocycles. The summed E-state index contributed by atoms with van der Waals surface area (Å²) in [5.74, 6) is 1.10. The van der Waals surface area contributed by atoms with Gasteiger partial charge in [-0.25, -0.2) is 9.78 Å². The molecule has 2 aromatic heterocycles. The van der Waals surface area contributed by atoms with E-state index < -0.39 is 0 Å². The molecule has 0 radical (unpaired) electrons. The third kappa shape index (κ3) is 6.66. The summed E-state index contributed by atoms with van der Waals surface area (Å²) < 4.78 is 0. The molecule has 4 N–H and O–H groups in total. The maximum absolute atomic E-state index is 12.3. The van der Waals surface area contributed by atoms with E-state index in [0.717, 1.165) is 43.7 Å². The highest BCUT2D eigenvalue weighted by atomic mass is 32.1. The number of benzene rings is 1. The molecule has 4 rings (SSSR count). The number of carbonyl (C=O) groups is 2. The van der Waals surface area contributed by atoms with Gasteiger partial charge in [0.05, 0.1) is 4.88 Å². The molecule has 1 aliphatic rings. The first-order valence-corrected chi connectivity index (χ1v) is 11.9. The zero-order valence-corrected chi connectivity index (χ0v) is 19.0. The Labute approximate surface area is 196 Å². The highest BCUT2D eigenvalue weighted by Gasteiger charge is 2.17. The van der Waals surface area contributed by atoms with E-state index >= 15 is 0 Å². The van der Waals surface area contributed by atoms with Crippen molar-refractivity contribution < 1.29 is 9.59 Å². The number of hydrogen-bond donors (Lipinski definition) is 4. The first-order chi connectivity index (χ1) is 16.2. The SMILES string of the molecule is O=C(NCCCNc1ccnc(Nc2cccc(NC(=O)N3CCCC3)c2)n1)c1cccs1. The van der Waals surface area contributed by atoms with Gasteiger partial charge in [0.15, 0.2) is 0 Å². The summed E-state index contributed by atoms with van der Waals surface area (Å²) in [6.45, 7) is 2.85. The van der Waals surface area contributed by atoms with Gasteiger partial charge in [-0.3, -0.25) is 4.79 Å². The largest absolute Gasteiger partial charge is 0.370 e. The van der Waals surface area contributed by atoms with E-state index in [4.69, 9.17) is 0 Å². The van der Waals surface area contributed by atoms with Crippen molar-refractivity contribution >= 4 is 46.4 Å². The van der Waals surface area contributed by atoms with E-state index in [-0.39, 0.29) is 11.9 Å². The number of anilines is 4. The van der Waals surface area contributed by atoms with E-state index in [0.29, 0.717) is 29.7 Å². The summed E-state index contributed by atoms with van der Waals surface area (Å²) in [5, 5.41) is 14.2. The van der Waals surface area contributed by atoms with Crippen molar-refractivity contribution in [3.63, 3.8) is 0 Å². The third-order valence-corrected chi connectivity index (χ3v) is 5.98. The van der Waals surface area contributed by atoms with Crippen LogP contribution in [0.5, 0.6) is 0 Å². The van der Waals surface area contributed by atoms with Crippen LogP contribution in [0.25, 0.3) is 0 Å². The molecular formula is C23H27N7O2S. The first kappa shape index (κ1) is 22.5. The quantitative estimate of drug-likeness (QED) is 0.354. The molecule has 1 saturated heterocycles. The van der Waals surface area contributed by atoms with Gasteiger partial charge in [-0.1, -0.05) is 12.1 Å². The van der Waals surface area contributed by atoms with Crippen molar-refractivity contribution in [2.24, 2.45) is 0 Å². The Morgan fingerprint density at radius 1 is 1.03 bits per heavy atom. The fourth-order valence-corrected chi connectivity index (χ4v) is 4.09. The molecule has 3 heterocycles. The van der Waals surface area contributed by atoms with E-state index in [9.17, 15) is 9.59 Å². The lowest BCUT2D eigenvalue weighted by Crippen LogP contribution is -2.32. The van der Waals surface area contributed by atoms with Gasteiger partial charge >= 0.3 is 6.03 Å². The van der Waals surface area contributed by atoms with E-state index in [1.807, 2.05) is 46.7 Å². The minimum absolute atomic E-state index is 0.0441. The maximum Gasteiger partial charge on any atom is 0.321 e. The number of likely N-dealkylation sites (tertiary alicyclic amines) is 1. The smallest absolute Gasteiger partial charge is 0.321 e. The minimum atomic E-state index is -0.0707. The number of aromatic nitrogens is 2. The standard InChI is InChI=1S/C23H27N7O2S/c31-21(19-8-4-15-33-19)25-11-5-10-24-20-9-12-26-22(29-20)27-17-6-3-7-18(16-17)28-23(32)30-13-1-2-14-30/h3-4,6-9,12,15-16H,1-2,5,10-11,13-14H2,(H,25,31)(H,28,32)(H2,24,26,27,29). The number of urea groups is 1. The minimum Gasteiger partial charge on any atom is -0.370 e. The average Bonchev–Trinajstić information content (AvgIpc) is 3.54. The lowest BCUT2D eigenvalue weighted by molar-refractivity contribution is 0.0957. The average molecular weight is 466 g/mol. The van der Waals surface area contributed by atoms with Crippen LogP contribution in [0.3, 0.4) is 0 Å². The molecule has 0 aliphatic carbocycles. The van der Waals surface area contributed by atoms with Crippen LogP contribution < -0.4 is 21.3 Å². The monoisotopic (exact) mass is 465 g/mol. The normalized spacial score (nSPS) is 12.9. The van der Waals surface area contributed by atoms with Crippen LogP contribution in [-0.2, 0) is 0 Å². The summed E-state index contributed by atoms with van der Waals surface area (Å²) in [6, 6.07) is 12.9. The summed E-state index contributed by atoms with van der Waals surface area (Å²) in [6.07, 6.45) is 4.55. The number of nitrogens with zero attached hydrogens (tertiary/aromatic N) is 3. The van der Waals surface area contributed by atoms with Crippen LogP contribution in [0.4, 0.5) is 27.9 Å². The van der Waals surface area contributed by atoms with Gasteiger partial charge in [-0.05, 0) is 55.0 Å². The van der Waals surface area contributed by atoms with Gasteiger partial charge in [0.1, 0.15) is 5.82 Å². The van der Waals surface area contributed by atoms with Gasteiger partial charge in [0.25, 0.3) is 5.91 Å². The topological polar surface area (TPSA) is 111 Å². The van der Waals surface area contributed by atoms with Gasteiger partial charge in [0.2, 0.25) is 5.95 Å². The van der Waals surface area contributed by atoms with Crippen molar-refractivity contribution in [2.45, 2.75) is 19.3 Å². The van der Waals surface area contributed by atoms with Crippen LogP contribution in [0.1, 0.15) is 28.9 Å². The zero-order valence-electron chi connectivity index (χ0n) is 18.2. The Bertz CT molecular complexity index is 1070. The number of carbonyl (C=O) groups excluding carboxylic acids is 2. The molecule has 3 amide bonds. The van der Waals surface area contributed by atoms with Gasteiger partial charge in [0, 0.05) is 43.8 Å². The number of amides is 3. The van der Waals surface area contributed by atoms with Crippen molar-refractivity contribution in [3.8, 4) is 0 Å². The predicted octanol–water partition coefficient (Wildman–Crippen LogP) is 4.14. The van der Waals surface area contributed by atoms with Crippen molar-refractivity contribution in [1.29, 1.82) is 0 Å². The lowest BCUT2D eigenvalue weighted by atomic mass is 10.3. The molecule has 3 aromatic rings. The highest BCUT2D eigenvalue weighted by molar-refractivity contribution is 7.12. The molecule has 1 fully saturated rings. The highest BCUT2D eigenvalue weighted by Crippen LogP contribution is 2.20. The second-order valence-corrected chi connectivity index (χ2v) is 8.56. The Hall–Kier alpha value is -3.66. The number of nitrogens with one attached hydrogen (secondary N) is 4. The van der Waals surface area contributed by atoms with Gasteiger partial charge in [-0.15, -0.1) is 11.3 Å². The van der Waals surface area contributed by atoms with E-state index in [1.54, 1.807) is 12.3 Å². The van der Waals surface area contributed by atoms with E-state index in [1.165, 1.54) is 11.3 Å². The van der Waals surface area contributed by atoms with Crippen LogP contribution >= 0.6 is 11.3 Å². The lowest BCUT2D eigenvalue weighted by Gasteiger charge is -2.16. The third-order valence-electron chi connectivity index (χ3n) is 5.11. The van der Waals surface area contributed by atoms with Crippen LogP contribution in [0.2, 0.25) is 0 Å². The summed E-state index contributed by atoms with van der Waals surface area (Å²) in [4.78, 5) is 35.5. The molecule has 0 saturated carbocycles. The fourth-order valence-electron chi connectivity index (χ4n) is 3.45. The predicted molar refractivity (Wildman–Crippen MR) is 131 cm³/mol. The molecule has 10 heteroatoms. The molecule has 0 unspecified atom stereocenters. The second kappa shape index (κ2) is 11.3. The van der Waals surface area contributed by atoms with Crippen LogP contribution in [-0.4, -0.2) is 53.0 Å². The number of thiophene rings is 1. The molecule has 33 heavy (non-hydrogen) atoms. The number of rotatable bonds is 9. The second-order valence-electron chi connectivity index (χ2n) is 7.61. The van der Waals surface area contributed by atoms with Crippen molar-refractivity contribution in [1.82, 2.24) is 20.2 Å². The molecule has 0 spiro atoms. The molecule has 1 aromatic carbocycles. The van der Waals surface area contributed by atoms with Crippen LogP contribution in [0, 0.1) is 0 Å². The Morgan fingerprint density at radius 2 is 1.88 bits per heavy atom.